The summed E-state index contributed by atoms with van der Waals surface area (Å²) >= 11 is 4.73. The average molecular weight is 718 g/mol. The summed E-state index contributed by atoms with van der Waals surface area (Å²) in [5.41, 5.74) is 7.24. The Kier molecular flexibility index (Phi) is 8.51. The molecule has 48 heavy (non-hydrogen) atoms. The molecule has 1 aromatic heterocycles. The van der Waals surface area contributed by atoms with Crippen molar-refractivity contribution in [2.24, 2.45) is 0 Å². The minimum atomic E-state index is -0.626. The number of aromatic nitrogens is 2. The van der Waals surface area contributed by atoms with Gasteiger partial charge in [0.1, 0.15) is 17.0 Å². The molecule has 1 N–H and O–H groups in total. The zero-order valence-corrected chi connectivity index (χ0v) is 27.8. The monoisotopic (exact) mass is 716 g/mol. The number of amides is 2. The Morgan fingerprint density at radius 1 is 0.896 bits per heavy atom. The second-order valence-corrected chi connectivity index (χ2v) is 13.2. The summed E-state index contributed by atoms with van der Waals surface area (Å²) in [5.74, 6) is -0.841. The summed E-state index contributed by atoms with van der Waals surface area (Å²) in [4.78, 5) is 46.4. The van der Waals surface area contributed by atoms with E-state index in [1.807, 2.05) is 67.6 Å². The summed E-state index contributed by atoms with van der Waals surface area (Å²) in [6.07, 6.45) is 1.76. The molecule has 0 aliphatic carbocycles. The molecule has 2 amide bonds. The number of hydrogen-bond acceptors (Lipinski definition) is 5. The van der Waals surface area contributed by atoms with Crippen LogP contribution in [0.2, 0.25) is 0 Å². The van der Waals surface area contributed by atoms with Crippen LogP contribution in [0.25, 0.3) is 34.1 Å². The van der Waals surface area contributed by atoms with Crippen molar-refractivity contribution in [1.82, 2.24) is 20.0 Å². The number of nitrogens with zero attached hydrogens (tertiary/aromatic N) is 3. The molecule has 2 heterocycles. The first-order chi connectivity index (χ1) is 23.2. The number of benzene rings is 5. The quantitative estimate of drug-likeness (QED) is 0.176. The summed E-state index contributed by atoms with van der Waals surface area (Å²) in [7, 11) is 0. The SMILES string of the molecule is Cc1ccc(-c2nc3ccccc3c(=O)n2-c2ccc(C(=O)NN3C(=O)/C(=C/c4cccc(Br)c4)SC3c3ccc(F)cc3)cc2)cc1. The van der Waals surface area contributed by atoms with Gasteiger partial charge in [0.15, 0.2) is 0 Å². The Balaban J connectivity index is 1.21. The first kappa shape index (κ1) is 31.3. The summed E-state index contributed by atoms with van der Waals surface area (Å²) in [6, 6.07) is 34.9. The van der Waals surface area contributed by atoms with Gasteiger partial charge >= 0.3 is 0 Å². The molecule has 7 rings (SSSR count). The van der Waals surface area contributed by atoms with E-state index in [-0.39, 0.29) is 11.1 Å². The number of aryl methyl sites for hydroxylation is 1. The summed E-state index contributed by atoms with van der Waals surface area (Å²) < 4.78 is 16.2. The fourth-order valence-electron chi connectivity index (χ4n) is 5.45. The van der Waals surface area contributed by atoms with Crippen molar-refractivity contribution < 1.29 is 14.0 Å². The Morgan fingerprint density at radius 3 is 2.35 bits per heavy atom. The van der Waals surface area contributed by atoms with Crippen LogP contribution in [0.15, 0.2) is 135 Å². The lowest BCUT2D eigenvalue weighted by Crippen LogP contribution is -2.44. The maximum Gasteiger partial charge on any atom is 0.280 e. The van der Waals surface area contributed by atoms with Crippen LogP contribution in [0, 0.1) is 12.7 Å². The number of carbonyl (C=O) groups is 2. The van der Waals surface area contributed by atoms with Crippen LogP contribution in [0.3, 0.4) is 0 Å². The highest BCUT2D eigenvalue weighted by Crippen LogP contribution is 2.45. The standard InChI is InChI=1S/C38H26BrFN4O3S/c1-23-9-11-25(12-10-23)34-41-32-8-3-2-7-31(32)36(46)43(34)30-19-15-26(16-20-30)35(45)42-44-37(47)33(22-24-5-4-6-28(39)21-24)48-38(44)27-13-17-29(40)18-14-27/h2-22,38H,1H3,(H,42,45)/b33-22-. The van der Waals surface area contributed by atoms with Gasteiger partial charge in [-0.15, -0.1) is 0 Å². The van der Waals surface area contributed by atoms with Crippen LogP contribution in [-0.2, 0) is 4.79 Å². The Labute approximate surface area is 287 Å². The Hall–Kier alpha value is -5.32. The molecule has 236 valence electrons. The van der Waals surface area contributed by atoms with Crippen molar-refractivity contribution in [2.45, 2.75) is 12.3 Å². The molecule has 10 heteroatoms. The molecule has 1 aliphatic heterocycles. The molecule has 1 atom stereocenters. The second kappa shape index (κ2) is 13.1. The molecule has 5 aromatic carbocycles. The van der Waals surface area contributed by atoms with E-state index in [2.05, 4.69) is 21.4 Å². The van der Waals surface area contributed by atoms with Gasteiger partial charge in [-0.25, -0.2) is 14.4 Å². The van der Waals surface area contributed by atoms with E-state index in [1.165, 1.54) is 28.9 Å². The van der Waals surface area contributed by atoms with Gasteiger partial charge < -0.3 is 0 Å². The summed E-state index contributed by atoms with van der Waals surface area (Å²) in [5, 5.41) is 1.11. The van der Waals surface area contributed by atoms with Gasteiger partial charge in [-0.2, -0.15) is 0 Å². The van der Waals surface area contributed by atoms with Gasteiger partial charge in [-0.1, -0.05) is 93.9 Å². The molecular formula is C38H26BrFN4O3S. The molecular weight excluding hydrogens is 691 g/mol. The number of nitrogens with one attached hydrogen (secondary N) is 1. The maximum atomic E-state index is 13.8. The first-order valence-corrected chi connectivity index (χ1v) is 16.7. The number of hydrogen-bond donors (Lipinski definition) is 1. The predicted octanol–water partition coefficient (Wildman–Crippen LogP) is 8.22. The molecule has 6 aromatic rings. The van der Waals surface area contributed by atoms with E-state index in [1.54, 1.807) is 59.2 Å². The highest BCUT2D eigenvalue weighted by atomic mass is 79.9. The molecule has 0 saturated carbocycles. The molecule has 1 aliphatic rings. The smallest absolute Gasteiger partial charge is 0.268 e. The van der Waals surface area contributed by atoms with E-state index in [9.17, 15) is 18.8 Å². The molecule has 0 spiro atoms. The Bertz CT molecular complexity index is 2290. The third-order valence-electron chi connectivity index (χ3n) is 7.90. The number of fused-ring (bicyclic) bond motifs is 1. The van der Waals surface area contributed by atoms with Crippen LogP contribution in [0.4, 0.5) is 4.39 Å². The second-order valence-electron chi connectivity index (χ2n) is 11.2. The normalized spacial score (nSPS) is 15.3. The zero-order valence-electron chi connectivity index (χ0n) is 25.4. The molecule has 1 saturated heterocycles. The lowest BCUT2D eigenvalue weighted by Gasteiger charge is -2.24. The van der Waals surface area contributed by atoms with Crippen molar-refractivity contribution >= 4 is 56.5 Å². The molecule has 0 bridgehead atoms. The predicted molar refractivity (Wildman–Crippen MR) is 191 cm³/mol. The topological polar surface area (TPSA) is 84.3 Å². The van der Waals surface area contributed by atoms with Gasteiger partial charge in [-0.3, -0.25) is 24.4 Å². The lowest BCUT2D eigenvalue weighted by atomic mass is 10.1. The number of rotatable bonds is 6. The largest absolute Gasteiger partial charge is 0.280 e. The molecule has 1 unspecified atom stereocenters. The van der Waals surface area contributed by atoms with E-state index in [0.29, 0.717) is 32.9 Å². The first-order valence-electron chi connectivity index (χ1n) is 15.0. The number of para-hydroxylation sites is 1. The highest BCUT2D eigenvalue weighted by Gasteiger charge is 2.38. The minimum Gasteiger partial charge on any atom is -0.268 e. The van der Waals surface area contributed by atoms with Crippen molar-refractivity contribution in [3.63, 3.8) is 0 Å². The van der Waals surface area contributed by atoms with Gasteiger partial charge in [0.25, 0.3) is 17.4 Å². The van der Waals surface area contributed by atoms with E-state index in [4.69, 9.17) is 4.98 Å². The fraction of sp³-hybridized carbons (Fsp3) is 0.0526. The molecule has 7 nitrogen and oxygen atoms in total. The van der Waals surface area contributed by atoms with Crippen LogP contribution in [-0.4, -0.2) is 26.4 Å². The fourth-order valence-corrected chi connectivity index (χ4v) is 7.06. The van der Waals surface area contributed by atoms with Gasteiger partial charge in [-0.05, 0) is 84.8 Å². The van der Waals surface area contributed by atoms with Crippen LogP contribution in [0.5, 0.6) is 0 Å². The van der Waals surface area contributed by atoms with E-state index >= 15 is 0 Å². The number of thioether (sulfide) groups is 1. The van der Waals surface area contributed by atoms with Crippen molar-refractivity contribution in [1.29, 1.82) is 0 Å². The third-order valence-corrected chi connectivity index (χ3v) is 9.65. The van der Waals surface area contributed by atoms with Gasteiger partial charge in [0.05, 0.1) is 21.5 Å². The van der Waals surface area contributed by atoms with Gasteiger partial charge in [0, 0.05) is 15.6 Å². The third kappa shape index (κ3) is 6.20. The van der Waals surface area contributed by atoms with Crippen LogP contribution < -0.4 is 11.0 Å². The van der Waals surface area contributed by atoms with Gasteiger partial charge in [0.2, 0.25) is 0 Å². The van der Waals surface area contributed by atoms with E-state index in [0.717, 1.165) is 21.2 Å². The summed E-state index contributed by atoms with van der Waals surface area (Å²) in [6.45, 7) is 1.99. The van der Waals surface area contributed by atoms with Crippen molar-refractivity contribution in [3.05, 3.63) is 169 Å². The zero-order chi connectivity index (χ0) is 33.4. The van der Waals surface area contributed by atoms with Crippen LogP contribution in [0.1, 0.15) is 32.4 Å². The van der Waals surface area contributed by atoms with Crippen LogP contribution >= 0.6 is 27.7 Å². The molecule has 0 radical (unpaired) electrons. The van der Waals surface area contributed by atoms with Crippen molar-refractivity contribution in [3.8, 4) is 17.1 Å². The Morgan fingerprint density at radius 2 is 1.62 bits per heavy atom. The highest BCUT2D eigenvalue weighted by molar-refractivity contribution is 9.10. The average Bonchev–Trinajstić information content (AvgIpc) is 3.39. The minimum absolute atomic E-state index is 0.236. The van der Waals surface area contributed by atoms with E-state index < -0.39 is 23.0 Å². The number of carbonyl (C=O) groups excluding carboxylic acids is 2. The maximum absolute atomic E-state index is 13.8. The number of halogens is 2. The van der Waals surface area contributed by atoms with Crippen molar-refractivity contribution in [2.75, 3.05) is 0 Å². The number of hydrazine groups is 1. The lowest BCUT2D eigenvalue weighted by molar-refractivity contribution is -0.128. The molecule has 1 fully saturated rings.